The molecule has 5 rings (SSSR count). The average Bonchev–Trinajstić information content (AvgIpc) is 3.18. The van der Waals surface area contributed by atoms with E-state index in [1.807, 2.05) is 0 Å². The van der Waals surface area contributed by atoms with Crippen molar-refractivity contribution in [2.75, 3.05) is 33.0 Å². The van der Waals surface area contributed by atoms with Gasteiger partial charge >= 0.3 is 0 Å². The molecule has 26 nitrogen and oxygen atoms in total. The lowest BCUT2D eigenvalue weighted by Crippen LogP contribution is -2.65. The van der Waals surface area contributed by atoms with Crippen LogP contribution in [0.5, 0.6) is 0 Å². The number of ether oxygens (including phenoxy) is 9. The summed E-state index contributed by atoms with van der Waals surface area (Å²) in [5.41, 5.74) is 0. The molecule has 0 aromatic carbocycles. The van der Waals surface area contributed by atoms with E-state index >= 15 is 0 Å². The van der Waals surface area contributed by atoms with E-state index in [-0.39, 0.29) is 0 Å². The van der Waals surface area contributed by atoms with E-state index in [9.17, 15) is 86.8 Å². The van der Waals surface area contributed by atoms with Crippen molar-refractivity contribution < 1.29 is 129 Å². The molecule has 0 bridgehead atoms. The second kappa shape index (κ2) is 19.6. The van der Waals surface area contributed by atoms with Gasteiger partial charge in [0.2, 0.25) is 0 Å². The largest absolute Gasteiger partial charge is 0.394 e. The predicted octanol–water partition coefficient (Wildman–Crippen LogP) is -11.9. The molecule has 5 saturated heterocycles. The second-order valence-electron chi connectivity index (χ2n) is 14.0. The van der Waals surface area contributed by atoms with Crippen molar-refractivity contribution in [3.8, 4) is 0 Å². The van der Waals surface area contributed by atoms with E-state index in [4.69, 9.17) is 42.6 Å². The molecule has 0 aromatic rings. The van der Waals surface area contributed by atoms with E-state index in [1.165, 1.54) is 0 Å². The number of aliphatic hydroxyl groups excluding tert-OH is 17. The molecule has 0 unspecified atom stereocenters. The fraction of sp³-hybridized carbons (Fsp3) is 1.00. The van der Waals surface area contributed by atoms with Gasteiger partial charge in [0.25, 0.3) is 0 Å². The van der Waals surface area contributed by atoms with Crippen LogP contribution < -0.4 is 0 Å². The molecule has 0 aliphatic carbocycles. The molecule has 5 aliphatic heterocycles. The van der Waals surface area contributed by atoms with Gasteiger partial charge in [-0.05, 0) is 0 Å². The fourth-order valence-corrected chi connectivity index (χ4v) is 6.81. The van der Waals surface area contributed by atoms with Crippen molar-refractivity contribution in [3.63, 3.8) is 0 Å². The van der Waals surface area contributed by atoms with Crippen molar-refractivity contribution >= 4 is 0 Å². The van der Waals surface area contributed by atoms with Gasteiger partial charge in [-0.15, -0.1) is 0 Å². The van der Waals surface area contributed by atoms with Crippen LogP contribution in [0.15, 0.2) is 0 Å². The maximum atomic E-state index is 11.0. The third-order valence-corrected chi connectivity index (χ3v) is 10.3. The molecule has 0 saturated carbocycles. The zero-order valence-corrected chi connectivity index (χ0v) is 29.2. The Morgan fingerprint density at radius 2 is 0.625 bits per heavy atom. The van der Waals surface area contributed by atoms with E-state index in [1.54, 1.807) is 0 Å². The highest BCUT2D eigenvalue weighted by molar-refractivity contribution is 4.97. The quantitative estimate of drug-likeness (QED) is 0.0819. The molecule has 0 amide bonds. The standard InChI is InChI=1S/C30H52O26/c31-1-6-11(34)16(39)20(43)29(52-6)55-24-15(38)10(50-26(47)22(24)45)5-48-27-19(42)18(41)13(36)9(54-27)4-49-28-23(46)25(14(37)8(3-33)51-28)56-30-21(44)17(40)12(35)7(2-32)53-30/h6-47H,1-5H2/t6-,7-,8-,9-,10-,11-,12-,13-,14-,15-,16+,17+,18+,19-,20-,21-,22-,23-,24+,25+,26+,27-,28-,29+,30+/m1/s1. The zero-order valence-electron chi connectivity index (χ0n) is 29.2. The molecule has 0 radical (unpaired) electrons. The highest BCUT2D eigenvalue weighted by atomic mass is 16.8. The van der Waals surface area contributed by atoms with Gasteiger partial charge in [-0.25, -0.2) is 0 Å². The van der Waals surface area contributed by atoms with Crippen LogP contribution in [0, 0.1) is 0 Å². The minimum atomic E-state index is -2.07. The number of hydrogen-bond donors (Lipinski definition) is 17. The van der Waals surface area contributed by atoms with Gasteiger partial charge in [-0.2, -0.15) is 0 Å². The van der Waals surface area contributed by atoms with Crippen LogP contribution >= 0.6 is 0 Å². The van der Waals surface area contributed by atoms with Gasteiger partial charge in [0.15, 0.2) is 31.5 Å². The summed E-state index contributed by atoms with van der Waals surface area (Å²) < 4.78 is 48.6. The SMILES string of the molecule is OC[C@H]1O[C@@H](O[C@@H]2[C@@H](O)[C@@H](O)O[C@H](CO[C@@H]3O[C@H](CO[C@@H]4O[C@H](CO)[C@@H](O)[C@H](O[C@@H]5O[C@H](CO)[C@@H](O)[C@H](O)[C@H]5O)[C@H]4O)[C@@H](O)[C@H](O)[C@H]3O)[C@H]2O)[C@H](O)[C@@H](O)[C@@H]1O. The van der Waals surface area contributed by atoms with Gasteiger partial charge in [0, 0.05) is 0 Å². The molecule has 26 heteroatoms. The molecular formula is C30H52O26. The molecule has 5 heterocycles. The summed E-state index contributed by atoms with van der Waals surface area (Å²) in [6.07, 6.45) is -45.2. The summed E-state index contributed by atoms with van der Waals surface area (Å²) >= 11 is 0. The van der Waals surface area contributed by atoms with Gasteiger partial charge in [0.1, 0.15) is 122 Å². The first-order chi connectivity index (χ1) is 26.4. The van der Waals surface area contributed by atoms with Crippen LogP contribution in [0.2, 0.25) is 0 Å². The zero-order chi connectivity index (χ0) is 41.3. The van der Waals surface area contributed by atoms with Crippen LogP contribution in [-0.2, 0) is 42.6 Å². The molecule has 0 aromatic heterocycles. The van der Waals surface area contributed by atoms with Crippen LogP contribution in [0.4, 0.5) is 0 Å². The molecule has 56 heavy (non-hydrogen) atoms. The maximum absolute atomic E-state index is 11.0. The Morgan fingerprint density at radius 1 is 0.304 bits per heavy atom. The summed E-state index contributed by atoms with van der Waals surface area (Å²) in [5, 5.41) is 175. The van der Waals surface area contributed by atoms with Gasteiger partial charge in [0.05, 0.1) is 33.0 Å². The van der Waals surface area contributed by atoms with Crippen molar-refractivity contribution in [3.05, 3.63) is 0 Å². The van der Waals surface area contributed by atoms with E-state index in [0.717, 1.165) is 0 Å². The van der Waals surface area contributed by atoms with E-state index in [2.05, 4.69) is 0 Å². The Hall–Kier alpha value is -1.04. The maximum Gasteiger partial charge on any atom is 0.187 e. The summed E-state index contributed by atoms with van der Waals surface area (Å²) in [6, 6.07) is 0. The Labute approximate surface area is 316 Å². The van der Waals surface area contributed by atoms with Gasteiger partial charge in [-0.1, -0.05) is 0 Å². The molecule has 25 atom stereocenters. The van der Waals surface area contributed by atoms with E-state index < -0.39 is 187 Å². The molecular weight excluding hydrogens is 776 g/mol. The predicted molar refractivity (Wildman–Crippen MR) is 167 cm³/mol. The van der Waals surface area contributed by atoms with Crippen LogP contribution in [0.1, 0.15) is 0 Å². The molecule has 17 N–H and O–H groups in total. The fourth-order valence-electron chi connectivity index (χ4n) is 6.81. The Kier molecular flexibility index (Phi) is 16.1. The minimum absolute atomic E-state index is 0.768. The van der Waals surface area contributed by atoms with Crippen molar-refractivity contribution in [2.24, 2.45) is 0 Å². The minimum Gasteiger partial charge on any atom is -0.394 e. The normalized spacial score (nSPS) is 53.2. The highest BCUT2D eigenvalue weighted by Crippen LogP contribution is 2.32. The lowest BCUT2D eigenvalue weighted by atomic mass is 9.96. The monoisotopic (exact) mass is 828 g/mol. The number of rotatable bonds is 13. The molecule has 5 fully saturated rings. The number of hydrogen-bond acceptors (Lipinski definition) is 26. The number of aliphatic hydroxyl groups is 17. The first kappa shape index (κ1) is 46.0. The average molecular weight is 829 g/mol. The first-order valence-corrected chi connectivity index (χ1v) is 17.6. The second-order valence-corrected chi connectivity index (χ2v) is 14.0. The first-order valence-electron chi connectivity index (χ1n) is 17.6. The molecule has 5 aliphatic rings. The molecule has 328 valence electrons. The smallest absolute Gasteiger partial charge is 0.187 e. The van der Waals surface area contributed by atoms with Crippen molar-refractivity contribution in [1.29, 1.82) is 0 Å². The lowest BCUT2D eigenvalue weighted by Gasteiger charge is -2.46. The van der Waals surface area contributed by atoms with Crippen LogP contribution in [0.25, 0.3) is 0 Å². The Bertz CT molecular complexity index is 1200. The highest BCUT2D eigenvalue weighted by Gasteiger charge is 2.54. The summed E-state index contributed by atoms with van der Waals surface area (Å²) in [6.45, 7) is -4.06. The lowest BCUT2D eigenvalue weighted by molar-refractivity contribution is -0.368. The van der Waals surface area contributed by atoms with E-state index in [0.29, 0.717) is 0 Å². The van der Waals surface area contributed by atoms with Crippen LogP contribution in [0.3, 0.4) is 0 Å². The van der Waals surface area contributed by atoms with Crippen molar-refractivity contribution in [2.45, 2.75) is 154 Å². The summed E-state index contributed by atoms with van der Waals surface area (Å²) in [4.78, 5) is 0. The van der Waals surface area contributed by atoms with Crippen LogP contribution in [-0.4, -0.2) is 273 Å². The van der Waals surface area contributed by atoms with Gasteiger partial charge in [-0.3, -0.25) is 0 Å². The summed E-state index contributed by atoms with van der Waals surface area (Å²) in [5.74, 6) is 0. The van der Waals surface area contributed by atoms with Crippen molar-refractivity contribution in [1.82, 2.24) is 0 Å². The Balaban J connectivity index is 1.20. The molecule has 0 spiro atoms. The van der Waals surface area contributed by atoms with Gasteiger partial charge < -0.3 is 129 Å². The topological polar surface area (TPSA) is 427 Å². The summed E-state index contributed by atoms with van der Waals surface area (Å²) in [7, 11) is 0. The third kappa shape index (κ3) is 9.46. The Morgan fingerprint density at radius 3 is 1.09 bits per heavy atom. The third-order valence-electron chi connectivity index (χ3n) is 10.3.